The number of nitrogens with two attached hydrogens (primary N) is 2. The number of rotatable bonds is 7. The molecule has 1 aromatic rings. The van der Waals surface area contributed by atoms with Gasteiger partial charge in [0.15, 0.2) is 40.4 Å². The molecule has 0 spiro atoms. The number of hydrogen-bond donors (Lipinski definition) is 5. The summed E-state index contributed by atoms with van der Waals surface area (Å²) in [5.74, 6) is -12.9. The standard InChI is InChI=1S/C25H28N4O9/c1-29(2)19-12-6-9-5-11-10(14(31)7-28-8-15(26)32)3-4-13(30)17(11)20(33)16(9)22(35)25(12,38)23(36)18(21(19)34)24(27)37/h3-4,9,12,16,18-19,28,30,38H,5-8H2,1-2H3,(H2,26,32)(H2,27,37)/t9-,12-,16?,18?,19-,25-/m0/s1. The van der Waals surface area contributed by atoms with Crippen molar-refractivity contribution in [3.8, 4) is 5.75 Å². The largest absolute Gasteiger partial charge is 0.507 e. The van der Waals surface area contributed by atoms with Crippen LogP contribution < -0.4 is 16.8 Å². The Morgan fingerprint density at radius 3 is 2.32 bits per heavy atom. The summed E-state index contributed by atoms with van der Waals surface area (Å²) in [4.78, 5) is 91.0. The van der Waals surface area contributed by atoms with E-state index in [1.165, 1.54) is 25.1 Å². The van der Waals surface area contributed by atoms with Gasteiger partial charge in [0.25, 0.3) is 0 Å². The molecular formula is C25H28N4O9. The number of aromatic hydroxyl groups is 1. The van der Waals surface area contributed by atoms with Gasteiger partial charge in [0.1, 0.15) is 5.75 Å². The van der Waals surface area contributed by atoms with E-state index >= 15 is 0 Å². The highest BCUT2D eigenvalue weighted by Gasteiger charge is 2.69. The highest BCUT2D eigenvalue weighted by molar-refractivity contribution is 6.32. The molecular weight excluding hydrogens is 500 g/mol. The zero-order valence-electron chi connectivity index (χ0n) is 20.7. The van der Waals surface area contributed by atoms with Crippen LogP contribution >= 0.6 is 0 Å². The smallest absolute Gasteiger partial charge is 0.235 e. The molecule has 3 aliphatic carbocycles. The second kappa shape index (κ2) is 9.49. The monoisotopic (exact) mass is 528 g/mol. The number of aliphatic hydroxyl groups is 1. The molecule has 202 valence electrons. The predicted octanol–water partition coefficient (Wildman–Crippen LogP) is -2.88. The lowest BCUT2D eigenvalue weighted by atomic mass is 9.52. The van der Waals surface area contributed by atoms with Gasteiger partial charge in [-0.25, -0.2) is 0 Å². The molecule has 7 N–H and O–H groups in total. The van der Waals surface area contributed by atoms with Crippen LogP contribution in [0.2, 0.25) is 0 Å². The second-order valence-corrected chi connectivity index (χ2v) is 10.3. The third kappa shape index (κ3) is 3.94. The number of carbonyl (C=O) groups excluding carboxylic acids is 7. The van der Waals surface area contributed by atoms with Crippen molar-refractivity contribution in [1.29, 1.82) is 0 Å². The molecule has 6 atom stereocenters. The second-order valence-electron chi connectivity index (χ2n) is 10.3. The van der Waals surface area contributed by atoms with E-state index in [1.807, 2.05) is 0 Å². The molecule has 2 fully saturated rings. The number of benzene rings is 1. The molecule has 2 amide bonds. The maximum Gasteiger partial charge on any atom is 0.235 e. The van der Waals surface area contributed by atoms with Gasteiger partial charge in [-0.3, -0.25) is 38.5 Å². The number of carbonyl (C=O) groups is 7. The van der Waals surface area contributed by atoms with Gasteiger partial charge in [-0.15, -0.1) is 0 Å². The number of Topliss-reactive ketones (excluding diaryl/α,β-unsaturated/α-hetero) is 5. The summed E-state index contributed by atoms with van der Waals surface area (Å²) in [6, 6.07) is 1.23. The molecule has 2 saturated carbocycles. The zero-order chi connectivity index (χ0) is 28.3. The molecule has 13 heteroatoms. The van der Waals surface area contributed by atoms with Gasteiger partial charge in [0.05, 0.1) is 30.6 Å². The number of ketones is 5. The topological polar surface area (TPSA) is 227 Å². The number of amides is 2. The van der Waals surface area contributed by atoms with Crippen molar-refractivity contribution < 1.29 is 43.8 Å². The normalized spacial score (nSPS) is 30.5. The zero-order valence-corrected chi connectivity index (χ0v) is 20.7. The van der Waals surface area contributed by atoms with Gasteiger partial charge >= 0.3 is 0 Å². The van der Waals surface area contributed by atoms with Gasteiger partial charge in [0.2, 0.25) is 11.8 Å². The molecule has 13 nitrogen and oxygen atoms in total. The predicted molar refractivity (Wildman–Crippen MR) is 128 cm³/mol. The fourth-order valence-electron chi connectivity index (χ4n) is 6.26. The minimum Gasteiger partial charge on any atom is -0.507 e. The first-order chi connectivity index (χ1) is 17.7. The van der Waals surface area contributed by atoms with Gasteiger partial charge < -0.3 is 27.0 Å². The Hall–Kier alpha value is -3.81. The molecule has 0 aliphatic heterocycles. The maximum atomic E-state index is 13.7. The number of hydrogen-bond acceptors (Lipinski definition) is 11. The summed E-state index contributed by atoms with van der Waals surface area (Å²) in [5.41, 5.74) is 7.54. The van der Waals surface area contributed by atoms with Crippen LogP contribution in [0, 0.1) is 23.7 Å². The molecule has 0 heterocycles. The summed E-state index contributed by atoms with van der Waals surface area (Å²) >= 11 is 0. The molecule has 0 radical (unpaired) electrons. The first-order valence-electron chi connectivity index (χ1n) is 11.9. The minimum atomic E-state index is -2.82. The number of primary amides is 2. The van der Waals surface area contributed by atoms with E-state index in [1.54, 1.807) is 0 Å². The first-order valence-corrected chi connectivity index (χ1v) is 11.9. The van der Waals surface area contributed by atoms with Crippen LogP contribution in [0.15, 0.2) is 12.1 Å². The van der Waals surface area contributed by atoms with Gasteiger partial charge in [0, 0.05) is 11.5 Å². The number of phenols is 1. The Balaban J connectivity index is 1.79. The number of phenolic OH excluding ortho intramolecular Hbond substituents is 1. The van der Waals surface area contributed by atoms with Gasteiger partial charge in [-0.2, -0.15) is 0 Å². The summed E-state index contributed by atoms with van der Waals surface area (Å²) in [6.45, 7) is -0.547. The minimum absolute atomic E-state index is 0.0445. The van der Waals surface area contributed by atoms with E-state index in [0.717, 1.165) is 6.07 Å². The van der Waals surface area contributed by atoms with Gasteiger partial charge in [-0.1, -0.05) is 0 Å². The van der Waals surface area contributed by atoms with Crippen molar-refractivity contribution in [3.05, 3.63) is 28.8 Å². The third-order valence-electron chi connectivity index (χ3n) is 7.83. The van der Waals surface area contributed by atoms with Crippen LogP contribution in [0.3, 0.4) is 0 Å². The lowest BCUT2D eigenvalue weighted by Crippen LogP contribution is -2.74. The SMILES string of the molecule is CN(C)[C@@H]1C(=O)C(C(N)=O)C(=O)[C@@]2(O)C(=O)C3C(=O)c4c(O)ccc(C(=O)CNCC(N)=O)c4C[C@H]3C[C@@H]12. The average Bonchev–Trinajstić information content (AvgIpc) is 2.80. The summed E-state index contributed by atoms with van der Waals surface area (Å²) in [7, 11) is 2.98. The number of nitrogens with one attached hydrogen (secondary N) is 1. The van der Waals surface area contributed by atoms with Crippen LogP contribution in [0.25, 0.3) is 0 Å². The fourth-order valence-corrected chi connectivity index (χ4v) is 6.26. The van der Waals surface area contributed by atoms with Crippen LogP contribution in [0.1, 0.15) is 32.7 Å². The van der Waals surface area contributed by atoms with Crippen molar-refractivity contribution >= 4 is 40.7 Å². The van der Waals surface area contributed by atoms with E-state index < -0.39 is 81.8 Å². The van der Waals surface area contributed by atoms with E-state index in [9.17, 15) is 43.8 Å². The third-order valence-corrected chi connectivity index (χ3v) is 7.83. The van der Waals surface area contributed by atoms with Crippen molar-refractivity contribution in [3.63, 3.8) is 0 Å². The van der Waals surface area contributed by atoms with Crippen molar-refractivity contribution in [2.75, 3.05) is 27.2 Å². The van der Waals surface area contributed by atoms with Crippen LogP contribution in [0.4, 0.5) is 0 Å². The highest BCUT2D eigenvalue weighted by atomic mass is 16.3. The average molecular weight is 529 g/mol. The Bertz CT molecular complexity index is 1310. The maximum absolute atomic E-state index is 13.7. The van der Waals surface area contributed by atoms with E-state index in [4.69, 9.17) is 11.5 Å². The van der Waals surface area contributed by atoms with Gasteiger partial charge in [-0.05, 0) is 50.6 Å². The summed E-state index contributed by atoms with van der Waals surface area (Å²) < 4.78 is 0. The Morgan fingerprint density at radius 2 is 1.74 bits per heavy atom. The van der Waals surface area contributed by atoms with Crippen molar-refractivity contribution in [2.45, 2.75) is 24.5 Å². The molecule has 38 heavy (non-hydrogen) atoms. The van der Waals surface area contributed by atoms with Crippen LogP contribution in [0.5, 0.6) is 5.75 Å². The Kier molecular flexibility index (Phi) is 6.80. The number of nitrogens with zero attached hydrogens (tertiary/aromatic N) is 1. The molecule has 1 aromatic carbocycles. The highest BCUT2D eigenvalue weighted by Crippen LogP contribution is 2.51. The van der Waals surface area contributed by atoms with E-state index in [0.29, 0.717) is 0 Å². The Morgan fingerprint density at radius 1 is 1.08 bits per heavy atom. The fraction of sp³-hybridized carbons (Fsp3) is 0.480. The van der Waals surface area contributed by atoms with E-state index in [-0.39, 0.29) is 42.6 Å². The summed E-state index contributed by atoms with van der Waals surface area (Å²) in [6.07, 6.45) is -0.176. The molecule has 0 saturated heterocycles. The number of fused-ring (bicyclic) bond motifs is 3. The molecule has 3 aliphatic rings. The lowest BCUT2D eigenvalue weighted by Gasteiger charge is -2.52. The molecule has 2 unspecified atom stereocenters. The van der Waals surface area contributed by atoms with Crippen LogP contribution in [-0.2, 0) is 30.4 Å². The van der Waals surface area contributed by atoms with Crippen LogP contribution in [-0.4, -0.2) is 94.7 Å². The summed E-state index contributed by atoms with van der Waals surface area (Å²) in [5, 5.41) is 24.6. The van der Waals surface area contributed by atoms with Crippen molar-refractivity contribution in [2.24, 2.45) is 35.1 Å². The molecule has 0 aromatic heterocycles. The molecule has 0 bridgehead atoms. The molecule has 4 rings (SSSR count). The Labute approximate surface area is 216 Å². The quantitative estimate of drug-likeness (QED) is 0.178. The lowest BCUT2D eigenvalue weighted by molar-refractivity contribution is -0.181. The van der Waals surface area contributed by atoms with E-state index in [2.05, 4.69) is 5.32 Å². The number of likely N-dealkylation sites (N-methyl/N-ethyl adjacent to an activating group) is 1. The first kappa shape index (κ1) is 27.2. The van der Waals surface area contributed by atoms with Crippen molar-refractivity contribution in [1.82, 2.24) is 10.2 Å².